The summed E-state index contributed by atoms with van der Waals surface area (Å²) in [6.45, 7) is 4.65. The number of aromatic nitrogens is 4. The molecular formula is C36H36FN7O. The summed E-state index contributed by atoms with van der Waals surface area (Å²) in [5.74, 6) is 0.0830. The first-order valence-corrected chi connectivity index (χ1v) is 15.5. The molecule has 1 fully saturated rings. The molecule has 7 rings (SSSR count). The Morgan fingerprint density at radius 1 is 1.04 bits per heavy atom. The van der Waals surface area contributed by atoms with Crippen LogP contribution in [0.15, 0.2) is 77.7 Å². The average Bonchev–Trinajstić information content (AvgIpc) is 3.81. The monoisotopic (exact) mass is 601 g/mol. The summed E-state index contributed by atoms with van der Waals surface area (Å²) in [7, 11) is 1.94. The predicted octanol–water partition coefficient (Wildman–Crippen LogP) is 6.07. The van der Waals surface area contributed by atoms with Crippen LogP contribution in [0.1, 0.15) is 42.4 Å². The van der Waals surface area contributed by atoms with Crippen molar-refractivity contribution in [1.29, 1.82) is 0 Å². The zero-order valence-electron chi connectivity index (χ0n) is 25.5. The van der Waals surface area contributed by atoms with Crippen LogP contribution >= 0.6 is 0 Å². The third kappa shape index (κ3) is 5.49. The van der Waals surface area contributed by atoms with E-state index in [4.69, 9.17) is 5.73 Å². The van der Waals surface area contributed by atoms with E-state index in [1.165, 1.54) is 11.6 Å². The molecule has 0 spiro atoms. The lowest BCUT2D eigenvalue weighted by Crippen LogP contribution is -2.24. The molecule has 1 saturated carbocycles. The summed E-state index contributed by atoms with van der Waals surface area (Å²) in [6.07, 6.45) is 4.50. The molecule has 0 bridgehead atoms. The van der Waals surface area contributed by atoms with Gasteiger partial charge in [-0.05, 0) is 84.1 Å². The fraction of sp³-hybridized carbons (Fsp3) is 0.250. The van der Waals surface area contributed by atoms with Crippen LogP contribution in [0.3, 0.4) is 0 Å². The number of hydrogen-bond donors (Lipinski definition) is 4. The fourth-order valence-corrected chi connectivity index (χ4v) is 6.22. The van der Waals surface area contributed by atoms with E-state index in [-0.39, 0.29) is 16.9 Å². The van der Waals surface area contributed by atoms with Gasteiger partial charge in [0, 0.05) is 42.5 Å². The van der Waals surface area contributed by atoms with Crippen molar-refractivity contribution in [2.75, 3.05) is 25.9 Å². The molecule has 0 unspecified atom stereocenters. The molecule has 45 heavy (non-hydrogen) atoms. The van der Waals surface area contributed by atoms with Gasteiger partial charge in [-0.1, -0.05) is 49.4 Å². The van der Waals surface area contributed by atoms with Gasteiger partial charge in [-0.25, -0.2) is 9.37 Å². The molecule has 0 radical (unpaired) electrons. The summed E-state index contributed by atoms with van der Waals surface area (Å²) in [5.41, 5.74) is 13.7. The number of aromatic amines is 1. The molecule has 1 aliphatic rings. The first kappa shape index (κ1) is 28.9. The number of pyridine rings is 1. The normalized spacial score (nSPS) is 13.2. The van der Waals surface area contributed by atoms with Gasteiger partial charge in [0.2, 0.25) is 5.95 Å². The van der Waals surface area contributed by atoms with Crippen LogP contribution in [-0.4, -0.2) is 39.7 Å². The number of anilines is 1. The highest BCUT2D eigenvalue weighted by atomic mass is 19.1. The summed E-state index contributed by atoms with van der Waals surface area (Å²) in [6, 6.07) is 21.6. The molecule has 6 aromatic rings. The first-order chi connectivity index (χ1) is 21.9. The predicted molar refractivity (Wildman–Crippen MR) is 179 cm³/mol. The van der Waals surface area contributed by atoms with Crippen molar-refractivity contribution in [2.45, 2.75) is 38.6 Å². The van der Waals surface area contributed by atoms with E-state index in [9.17, 15) is 4.79 Å². The van der Waals surface area contributed by atoms with Gasteiger partial charge in [0.1, 0.15) is 11.5 Å². The Bertz CT molecular complexity index is 2090. The Labute approximate surface area is 260 Å². The maximum Gasteiger partial charge on any atom is 0.265 e. The largest absolute Gasteiger partial charge is 0.368 e. The highest BCUT2D eigenvalue weighted by Gasteiger charge is 2.25. The molecule has 0 atom stereocenters. The van der Waals surface area contributed by atoms with Gasteiger partial charge < -0.3 is 21.4 Å². The zero-order valence-corrected chi connectivity index (χ0v) is 25.5. The minimum atomic E-state index is -0.467. The second-order valence-electron chi connectivity index (χ2n) is 11.7. The average molecular weight is 602 g/mol. The Hall–Kier alpha value is -4.86. The third-order valence-corrected chi connectivity index (χ3v) is 8.70. The van der Waals surface area contributed by atoms with Gasteiger partial charge in [0.25, 0.3) is 5.56 Å². The second-order valence-corrected chi connectivity index (χ2v) is 11.7. The van der Waals surface area contributed by atoms with Crippen molar-refractivity contribution in [3.8, 4) is 28.2 Å². The van der Waals surface area contributed by atoms with Crippen LogP contribution in [0.5, 0.6) is 0 Å². The number of nitrogens with zero attached hydrogens (tertiary/aromatic N) is 3. The molecule has 3 heterocycles. The molecule has 0 aliphatic heterocycles. The fourth-order valence-electron chi connectivity index (χ4n) is 6.22. The van der Waals surface area contributed by atoms with Crippen LogP contribution in [0.4, 0.5) is 10.3 Å². The Kier molecular flexibility index (Phi) is 7.64. The zero-order chi connectivity index (χ0) is 31.1. The van der Waals surface area contributed by atoms with Crippen molar-refractivity contribution >= 4 is 27.8 Å². The van der Waals surface area contributed by atoms with Crippen LogP contribution in [0.2, 0.25) is 0 Å². The van der Waals surface area contributed by atoms with E-state index < -0.39 is 5.82 Å². The lowest BCUT2D eigenvalue weighted by molar-refractivity contribution is 0.635. The minimum Gasteiger partial charge on any atom is -0.368 e. The van der Waals surface area contributed by atoms with Crippen molar-refractivity contribution in [3.05, 3.63) is 106 Å². The first-order valence-electron chi connectivity index (χ1n) is 15.5. The molecule has 228 valence electrons. The van der Waals surface area contributed by atoms with Gasteiger partial charge in [-0.15, -0.1) is 0 Å². The quantitative estimate of drug-likeness (QED) is 0.142. The standard InChI is InChI=1S/C36H36FN7O/c1-3-26-27(5-4-6-31(26)44-16-13-24-17-25(22-11-12-22)18-29(37)32(24)35(44)45)33-28-19-30(41-34(28)43-36(38)42-33)23-9-7-21(8-10-23)20-40-15-14-39-2/h4-10,13,16-19,22,39-40H,3,11-12,14-15,20H2,1-2H3,(H3,38,41,42,43). The maximum absolute atomic E-state index is 15.3. The molecule has 3 aromatic carbocycles. The van der Waals surface area contributed by atoms with E-state index in [0.717, 1.165) is 65.8 Å². The third-order valence-electron chi connectivity index (χ3n) is 8.70. The van der Waals surface area contributed by atoms with Crippen LogP contribution in [-0.2, 0) is 13.0 Å². The van der Waals surface area contributed by atoms with E-state index in [2.05, 4.69) is 49.9 Å². The van der Waals surface area contributed by atoms with Gasteiger partial charge in [0.15, 0.2) is 0 Å². The lowest BCUT2D eigenvalue weighted by Gasteiger charge is -2.16. The molecule has 5 N–H and O–H groups in total. The molecule has 3 aromatic heterocycles. The number of nitrogens with one attached hydrogen (secondary N) is 3. The van der Waals surface area contributed by atoms with Crippen molar-refractivity contribution in [3.63, 3.8) is 0 Å². The molecule has 0 saturated heterocycles. The topological polar surface area (TPSA) is 114 Å². The van der Waals surface area contributed by atoms with Crippen molar-refractivity contribution in [2.24, 2.45) is 0 Å². The Morgan fingerprint density at radius 2 is 1.87 bits per heavy atom. The van der Waals surface area contributed by atoms with Gasteiger partial charge in [0.05, 0.1) is 16.8 Å². The van der Waals surface area contributed by atoms with Crippen LogP contribution in [0.25, 0.3) is 50.0 Å². The smallest absolute Gasteiger partial charge is 0.265 e. The van der Waals surface area contributed by atoms with Crippen LogP contribution < -0.4 is 21.9 Å². The van der Waals surface area contributed by atoms with E-state index in [1.807, 2.05) is 50.4 Å². The highest BCUT2D eigenvalue weighted by Crippen LogP contribution is 2.41. The Morgan fingerprint density at radius 3 is 2.62 bits per heavy atom. The number of fused-ring (bicyclic) bond motifs is 2. The maximum atomic E-state index is 15.3. The number of rotatable bonds is 10. The summed E-state index contributed by atoms with van der Waals surface area (Å²) >= 11 is 0. The summed E-state index contributed by atoms with van der Waals surface area (Å²) in [5, 5.41) is 8.13. The summed E-state index contributed by atoms with van der Waals surface area (Å²) < 4.78 is 16.9. The number of halogens is 1. The minimum absolute atomic E-state index is 0.109. The number of H-pyrrole nitrogens is 1. The lowest BCUT2D eigenvalue weighted by atomic mass is 9.97. The molecule has 1 aliphatic carbocycles. The number of hydrogen-bond acceptors (Lipinski definition) is 6. The Balaban J connectivity index is 1.29. The van der Waals surface area contributed by atoms with E-state index in [0.29, 0.717) is 34.8 Å². The van der Waals surface area contributed by atoms with Crippen molar-refractivity contribution in [1.82, 2.24) is 30.2 Å². The van der Waals surface area contributed by atoms with Gasteiger partial charge in [-0.2, -0.15) is 4.98 Å². The van der Waals surface area contributed by atoms with E-state index in [1.54, 1.807) is 10.8 Å². The number of nitrogens with two attached hydrogens (primary N) is 1. The number of nitrogen functional groups attached to an aromatic ring is 1. The molecule has 0 amide bonds. The van der Waals surface area contributed by atoms with Gasteiger partial charge >= 0.3 is 0 Å². The number of benzene rings is 3. The second kappa shape index (κ2) is 11.9. The molecule has 8 nitrogen and oxygen atoms in total. The molecule has 9 heteroatoms. The van der Waals surface area contributed by atoms with E-state index >= 15 is 4.39 Å². The SMILES string of the molecule is CCc1c(-c2nc(N)nc3[nH]c(-c4ccc(CNCCNC)cc4)cc23)cccc1-n1ccc2cc(C3CC3)cc(F)c2c1=O. The number of likely N-dealkylation sites (N-methyl/N-ethyl adjacent to an activating group) is 1. The van der Waals surface area contributed by atoms with Gasteiger partial charge in [-0.3, -0.25) is 9.36 Å². The summed E-state index contributed by atoms with van der Waals surface area (Å²) in [4.78, 5) is 26.4. The van der Waals surface area contributed by atoms with Crippen molar-refractivity contribution < 1.29 is 4.39 Å². The molecular weight excluding hydrogens is 565 g/mol. The highest BCUT2D eigenvalue weighted by molar-refractivity contribution is 5.96. The van der Waals surface area contributed by atoms with Crippen LogP contribution in [0, 0.1) is 5.82 Å².